The Morgan fingerprint density at radius 3 is 2.41 bits per heavy atom. The topological polar surface area (TPSA) is 226 Å². The van der Waals surface area contributed by atoms with Crippen molar-refractivity contribution in [3.05, 3.63) is 45.9 Å². The second-order valence-corrected chi connectivity index (χ2v) is 12.3. The first-order chi connectivity index (χ1) is 20.7. The van der Waals surface area contributed by atoms with Gasteiger partial charge >= 0.3 is 0 Å². The van der Waals surface area contributed by atoms with E-state index < -0.39 is 93.3 Å². The molecule has 15 heteroatoms. The van der Waals surface area contributed by atoms with Crippen LogP contribution in [0.4, 0.5) is 5.69 Å². The number of phenolic OH excluding ortho intramolecular Hbond substituents is 1. The zero-order valence-electron chi connectivity index (χ0n) is 24.4. The monoisotopic (exact) mass is 631 g/mol. The molecule has 4 aliphatic rings. The van der Waals surface area contributed by atoms with E-state index >= 15 is 0 Å². The number of ketones is 2. The van der Waals surface area contributed by atoms with Gasteiger partial charge in [0.1, 0.15) is 17.1 Å². The maximum absolute atomic E-state index is 14.1. The van der Waals surface area contributed by atoms with Gasteiger partial charge in [0.2, 0.25) is 11.7 Å². The minimum absolute atomic E-state index is 0.0759. The zero-order chi connectivity index (χ0) is 32.4. The van der Waals surface area contributed by atoms with Crippen molar-refractivity contribution < 1.29 is 44.7 Å². The number of benzene rings is 1. The summed E-state index contributed by atoms with van der Waals surface area (Å²) in [6.45, 7) is 4.26. The smallest absolute Gasteiger partial charge is 0.255 e. The molecule has 1 heterocycles. The summed E-state index contributed by atoms with van der Waals surface area (Å²) in [7, 11) is 2.94. The fraction of sp³-hybridized carbons (Fsp3) is 0.517. The van der Waals surface area contributed by atoms with Crippen LogP contribution in [0.1, 0.15) is 28.8 Å². The molecule has 1 aromatic carbocycles. The second-order valence-electron chi connectivity index (χ2n) is 12.0. The maximum Gasteiger partial charge on any atom is 0.255 e. The minimum Gasteiger partial charge on any atom is -0.510 e. The lowest BCUT2D eigenvalue weighted by Crippen LogP contribution is -2.68. The number of hydrogen-bond acceptors (Lipinski definition) is 13. The standard InChI is InChI=1S/C29H37N5O9S/c1-11-12-4-5-13(32-28(42)14(10-44)34-8-6-31-7-9-34)21(35)16(12)22(36)17-15(11)23(37)19-20(33(2)3)24(38)18(27(30)41)26(40)29(19,43)25(17)39/h4-5,11,14-15,19-20,23,31,35,37-39,43-44H,6-10H2,1-3H3,(H2,30,41)(H,32,42)/t11?,14?,15?,19?,20-,23?,29?/m0/s1. The number of amides is 2. The first kappa shape index (κ1) is 31.9. The fourth-order valence-corrected chi connectivity index (χ4v) is 7.69. The van der Waals surface area contributed by atoms with E-state index in [1.807, 2.05) is 4.90 Å². The molecule has 1 fully saturated rings. The average molecular weight is 632 g/mol. The lowest BCUT2D eigenvalue weighted by atomic mass is 9.55. The van der Waals surface area contributed by atoms with Gasteiger partial charge in [0.25, 0.3) is 5.91 Å². The number of aromatic hydroxyl groups is 1. The molecule has 0 bridgehead atoms. The van der Waals surface area contributed by atoms with Crippen molar-refractivity contribution in [2.45, 2.75) is 36.6 Å². The van der Waals surface area contributed by atoms with Crippen LogP contribution in [0, 0.1) is 11.8 Å². The molecule has 3 aliphatic carbocycles. The van der Waals surface area contributed by atoms with Crippen molar-refractivity contribution in [2.24, 2.45) is 17.6 Å². The van der Waals surface area contributed by atoms with Crippen LogP contribution in [0.25, 0.3) is 0 Å². The van der Waals surface area contributed by atoms with Crippen molar-refractivity contribution >= 4 is 41.7 Å². The number of likely N-dealkylation sites (N-methyl/N-ethyl adjacent to an activating group) is 1. The summed E-state index contributed by atoms with van der Waals surface area (Å²) in [6, 6.07) is 0.993. The Morgan fingerprint density at radius 1 is 1.20 bits per heavy atom. The second kappa shape index (κ2) is 11.5. The van der Waals surface area contributed by atoms with E-state index in [0.717, 1.165) is 0 Å². The number of thiol groups is 1. The Labute approximate surface area is 258 Å². The van der Waals surface area contributed by atoms with Crippen molar-refractivity contribution in [3.8, 4) is 5.75 Å². The van der Waals surface area contributed by atoms with E-state index in [1.165, 1.54) is 31.1 Å². The molecule has 0 spiro atoms. The number of fused-ring (bicyclic) bond motifs is 3. The highest BCUT2D eigenvalue weighted by atomic mass is 32.1. The number of rotatable bonds is 6. The first-order valence-electron chi connectivity index (χ1n) is 14.2. The van der Waals surface area contributed by atoms with Gasteiger partial charge in [0.05, 0.1) is 35.4 Å². The SMILES string of the molecule is CC1c2ccc(NC(=O)C(CS)N3CCNCC3)c(O)c2C(=O)C2=C(O)C3(O)C(=O)C(C(N)=O)=C(O)[C@@H](N(C)C)C3C(O)C21. The highest BCUT2D eigenvalue weighted by molar-refractivity contribution is 7.80. The van der Waals surface area contributed by atoms with E-state index in [4.69, 9.17) is 5.73 Å². The Hall–Kier alpha value is -3.47. The molecule has 7 atom stereocenters. The maximum atomic E-state index is 14.1. The van der Waals surface area contributed by atoms with Gasteiger partial charge in [-0.05, 0) is 31.6 Å². The molecule has 9 N–H and O–H groups in total. The van der Waals surface area contributed by atoms with Crippen molar-refractivity contribution in [1.82, 2.24) is 15.1 Å². The number of anilines is 1. The van der Waals surface area contributed by atoms with Gasteiger partial charge in [-0.15, -0.1) is 0 Å². The molecule has 6 unspecified atom stereocenters. The van der Waals surface area contributed by atoms with Gasteiger partial charge in [-0.2, -0.15) is 12.6 Å². The number of Topliss-reactive ketones (excluding diaryl/α,β-unsaturated/α-hetero) is 2. The molecule has 1 aliphatic heterocycles. The Balaban J connectivity index is 1.60. The van der Waals surface area contributed by atoms with Crippen molar-refractivity contribution in [2.75, 3.05) is 51.3 Å². The number of carbonyl (C=O) groups is 4. The van der Waals surface area contributed by atoms with Gasteiger partial charge in [-0.25, -0.2) is 0 Å². The molecule has 0 radical (unpaired) electrons. The van der Waals surface area contributed by atoms with Crippen LogP contribution in [0.15, 0.2) is 34.8 Å². The molecule has 0 saturated carbocycles. The summed E-state index contributed by atoms with van der Waals surface area (Å²) < 4.78 is 0. The third-order valence-corrected chi connectivity index (χ3v) is 9.80. The Kier molecular flexibility index (Phi) is 8.33. The first-order valence-corrected chi connectivity index (χ1v) is 14.9. The molecular formula is C29H37N5O9S. The van der Waals surface area contributed by atoms with Crippen LogP contribution in [0.3, 0.4) is 0 Å². The van der Waals surface area contributed by atoms with Gasteiger partial charge in [0, 0.05) is 43.4 Å². The summed E-state index contributed by atoms with van der Waals surface area (Å²) >= 11 is 4.33. The highest BCUT2D eigenvalue weighted by Crippen LogP contribution is 2.56. The predicted octanol–water partition coefficient (Wildman–Crippen LogP) is -1.21. The van der Waals surface area contributed by atoms with Gasteiger partial charge in [-0.1, -0.05) is 13.0 Å². The van der Waals surface area contributed by atoms with E-state index in [2.05, 4.69) is 23.3 Å². The largest absolute Gasteiger partial charge is 0.510 e. The van der Waals surface area contributed by atoms with Crippen LogP contribution in [-0.4, -0.2) is 129 Å². The number of nitrogens with two attached hydrogens (primary N) is 1. The molecular weight excluding hydrogens is 594 g/mol. The summed E-state index contributed by atoms with van der Waals surface area (Å²) in [4.78, 5) is 56.3. The summed E-state index contributed by atoms with van der Waals surface area (Å²) in [5.74, 6) is -10.1. The van der Waals surface area contributed by atoms with E-state index in [0.29, 0.717) is 31.7 Å². The third-order valence-electron chi connectivity index (χ3n) is 9.46. The number of hydrogen-bond donors (Lipinski definition) is 9. The van der Waals surface area contributed by atoms with Crippen LogP contribution >= 0.6 is 12.6 Å². The van der Waals surface area contributed by atoms with E-state index in [-0.39, 0.29) is 17.0 Å². The van der Waals surface area contributed by atoms with Crippen LogP contribution < -0.4 is 16.4 Å². The van der Waals surface area contributed by atoms with E-state index in [1.54, 1.807) is 6.92 Å². The number of nitrogens with one attached hydrogen (secondary N) is 2. The van der Waals surface area contributed by atoms with Crippen molar-refractivity contribution in [3.63, 3.8) is 0 Å². The molecule has 2 amide bonds. The van der Waals surface area contributed by atoms with E-state index in [9.17, 15) is 44.7 Å². The summed E-state index contributed by atoms with van der Waals surface area (Å²) in [6.07, 6.45) is -1.69. The number of phenols is 1. The average Bonchev–Trinajstić information content (AvgIpc) is 2.96. The Bertz CT molecular complexity index is 1500. The molecule has 5 rings (SSSR count). The highest BCUT2D eigenvalue weighted by Gasteiger charge is 2.67. The quantitative estimate of drug-likeness (QED) is 0.102. The van der Waals surface area contributed by atoms with Crippen LogP contribution in [0.5, 0.6) is 5.75 Å². The number of carbonyl (C=O) groups excluding carboxylic acids is 4. The van der Waals surface area contributed by atoms with Gasteiger partial charge in [-0.3, -0.25) is 29.0 Å². The lowest BCUT2D eigenvalue weighted by Gasteiger charge is -2.53. The minimum atomic E-state index is -3.01. The molecule has 238 valence electrons. The molecule has 44 heavy (non-hydrogen) atoms. The van der Waals surface area contributed by atoms with Crippen LogP contribution in [0.2, 0.25) is 0 Å². The van der Waals surface area contributed by atoms with Gasteiger partial charge < -0.3 is 41.9 Å². The van der Waals surface area contributed by atoms with Gasteiger partial charge in [0.15, 0.2) is 17.1 Å². The number of aliphatic hydroxyl groups excluding tert-OH is 3. The molecule has 1 saturated heterocycles. The van der Waals surface area contributed by atoms with Crippen molar-refractivity contribution in [1.29, 1.82) is 0 Å². The fourth-order valence-electron chi connectivity index (χ4n) is 7.30. The lowest BCUT2D eigenvalue weighted by molar-refractivity contribution is -0.162. The number of aliphatic hydroxyl groups is 4. The Morgan fingerprint density at radius 2 is 1.84 bits per heavy atom. The molecule has 1 aromatic rings. The predicted molar refractivity (Wildman–Crippen MR) is 160 cm³/mol. The number of piperazine rings is 1. The zero-order valence-corrected chi connectivity index (χ0v) is 25.3. The molecule has 14 nitrogen and oxygen atoms in total. The number of primary amides is 1. The number of nitrogens with zero attached hydrogens (tertiary/aromatic N) is 2. The molecule has 0 aromatic heterocycles. The summed E-state index contributed by atoms with van der Waals surface area (Å²) in [5, 5.41) is 63.1. The van der Waals surface area contributed by atoms with Crippen LogP contribution in [-0.2, 0) is 14.4 Å². The normalized spacial score (nSPS) is 31.4. The third kappa shape index (κ3) is 4.52. The summed E-state index contributed by atoms with van der Waals surface area (Å²) in [5.41, 5.74) is 0.796.